The van der Waals surface area contributed by atoms with Gasteiger partial charge in [0.1, 0.15) is 0 Å². The van der Waals surface area contributed by atoms with Crippen LogP contribution in [0.5, 0.6) is 5.88 Å². The first-order valence-electron chi connectivity index (χ1n) is 5.03. The van der Waals surface area contributed by atoms with Gasteiger partial charge in [-0.05, 0) is 12.5 Å². The van der Waals surface area contributed by atoms with Crippen molar-refractivity contribution in [2.24, 2.45) is 5.92 Å². The van der Waals surface area contributed by atoms with E-state index in [0.29, 0.717) is 25.0 Å². The van der Waals surface area contributed by atoms with Gasteiger partial charge in [-0.1, -0.05) is 0 Å². The number of nitrogens with zero attached hydrogens (tertiary/aromatic N) is 2. The Labute approximate surface area is 92.2 Å². The minimum Gasteiger partial charge on any atom is -0.476 e. The Bertz CT molecular complexity index is 360. The van der Waals surface area contributed by atoms with E-state index >= 15 is 0 Å². The molecule has 2 heterocycles. The van der Waals surface area contributed by atoms with Crippen molar-refractivity contribution in [2.75, 3.05) is 19.8 Å². The normalized spacial score (nSPS) is 19.6. The molecule has 1 atom stereocenters. The lowest BCUT2D eigenvalue weighted by molar-refractivity contribution is 0.0689. The number of rotatable bonds is 4. The molecule has 0 saturated carbocycles. The highest BCUT2D eigenvalue weighted by Gasteiger charge is 2.16. The zero-order valence-corrected chi connectivity index (χ0v) is 8.63. The van der Waals surface area contributed by atoms with E-state index in [1.165, 1.54) is 12.1 Å². The van der Waals surface area contributed by atoms with Gasteiger partial charge < -0.3 is 14.6 Å². The first-order valence-corrected chi connectivity index (χ1v) is 5.03. The van der Waals surface area contributed by atoms with Gasteiger partial charge in [0.15, 0.2) is 5.69 Å². The summed E-state index contributed by atoms with van der Waals surface area (Å²) in [6, 6.07) is 2.88. The third kappa shape index (κ3) is 2.66. The number of aromatic carboxylic acids is 1. The topological polar surface area (TPSA) is 81.5 Å². The summed E-state index contributed by atoms with van der Waals surface area (Å²) in [4.78, 5) is 10.5. The van der Waals surface area contributed by atoms with Gasteiger partial charge in [-0.3, -0.25) is 0 Å². The van der Waals surface area contributed by atoms with Gasteiger partial charge in [0.05, 0.1) is 13.2 Å². The molecule has 1 aromatic heterocycles. The summed E-state index contributed by atoms with van der Waals surface area (Å²) in [7, 11) is 0. The van der Waals surface area contributed by atoms with Crippen molar-refractivity contribution in [3.8, 4) is 5.88 Å². The molecule has 0 bridgehead atoms. The predicted molar refractivity (Wildman–Crippen MR) is 53.4 cm³/mol. The van der Waals surface area contributed by atoms with E-state index < -0.39 is 5.97 Å². The molecule has 1 fully saturated rings. The first kappa shape index (κ1) is 10.8. The van der Waals surface area contributed by atoms with Crippen LogP contribution < -0.4 is 4.74 Å². The van der Waals surface area contributed by atoms with E-state index in [-0.39, 0.29) is 5.69 Å². The fourth-order valence-electron chi connectivity index (χ4n) is 1.43. The second kappa shape index (κ2) is 4.89. The van der Waals surface area contributed by atoms with Crippen LogP contribution in [0.1, 0.15) is 16.9 Å². The van der Waals surface area contributed by atoms with Crippen molar-refractivity contribution in [1.82, 2.24) is 10.2 Å². The molecule has 1 aliphatic heterocycles. The fraction of sp³-hybridized carbons (Fsp3) is 0.500. The lowest BCUT2D eigenvalue weighted by Crippen LogP contribution is -2.13. The zero-order valence-electron chi connectivity index (χ0n) is 8.63. The summed E-state index contributed by atoms with van der Waals surface area (Å²) in [5, 5.41) is 15.8. The summed E-state index contributed by atoms with van der Waals surface area (Å²) in [5.74, 6) is -0.360. The van der Waals surface area contributed by atoms with E-state index in [0.717, 1.165) is 13.0 Å². The van der Waals surface area contributed by atoms with Crippen LogP contribution in [0.4, 0.5) is 0 Å². The van der Waals surface area contributed by atoms with Gasteiger partial charge in [-0.15, -0.1) is 10.2 Å². The average molecular weight is 224 g/mol. The van der Waals surface area contributed by atoms with Crippen molar-refractivity contribution in [1.29, 1.82) is 0 Å². The molecule has 16 heavy (non-hydrogen) atoms. The molecule has 0 aliphatic carbocycles. The molecular weight excluding hydrogens is 212 g/mol. The van der Waals surface area contributed by atoms with E-state index in [9.17, 15) is 4.79 Å². The third-order valence-electron chi connectivity index (χ3n) is 2.35. The lowest BCUT2D eigenvalue weighted by Gasteiger charge is -2.08. The van der Waals surface area contributed by atoms with Crippen LogP contribution in [-0.2, 0) is 4.74 Å². The monoisotopic (exact) mass is 224 g/mol. The number of carboxylic acid groups (broad SMARTS) is 1. The molecular formula is C10H12N2O4. The van der Waals surface area contributed by atoms with Crippen LogP contribution >= 0.6 is 0 Å². The molecule has 1 aliphatic rings. The van der Waals surface area contributed by atoms with Crippen molar-refractivity contribution in [3.05, 3.63) is 17.8 Å². The van der Waals surface area contributed by atoms with Gasteiger partial charge >= 0.3 is 5.97 Å². The maximum atomic E-state index is 10.5. The molecule has 1 saturated heterocycles. The highest BCUT2D eigenvalue weighted by atomic mass is 16.5. The van der Waals surface area contributed by atoms with Gasteiger partial charge in [-0.2, -0.15) is 0 Å². The molecule has 6 nitrogen and oxygen atoms in total. The largest absolute Gasteiger partial charge is 0.476 e. The summed E-state index contributed by atoms with van der Waals surface area (Å²) in [6.45, 7) is 2.01. The van der Waals surface area contributed by atoms with Crippen LogP contribution in [0.25, 0.3) is 0 Å². The number of carboxylic acids is 1. The Kier molecular flexibility index (Phi) is 3.31. The van der Waals surface area contributed by atoms with Crippen LogP contribution in [0.2, 0.25) is 0 Å². The van der Waals surface area contributed by atoms with Crippen LogP contribution in [-0.4, -0.2) is 41.1 Å². The van der Waals surface area contributed by atoms with Gasteiger partial charge in [0.2, 0.25) is 5.88 Å². The number of hydrogen-bond donors (Lipinski definition) is 1. The Morgan fingerprint density at radius 1 is 1.56 bits per heavy atom. The summed E-state index contributed by atoms with van der Waals surface area (Å²) in [6.07, 6.45) is 0.987. The first-order chi connectivity index (χ1) is 7.75. The predicted octanol–water partition coefficient (Wildman–Crippen LogP) is 0.590. The SMILES string of the molecule is O=C(O)c1ccc(OCC2CCOC2)nn1. The summed E-state index contributed by atoms with van der Waals surface area (Å²) >= 11 is 0. The van der Waals surface area contributed by atoms with Crippen molar-refractivity contribution in [2.45, 2.75) is 6.42 Å². The highest BCUT2D eigenvalue weighted by molar-refractivity contribution is 5.84. The van der Waals surface area contributed by atoms with E-state index in [1.807, 2.05) is 0 Å². The van der Waals surface area contributed by atoms with Crippen molar-refractivity contribution in [3.63, 3.8) is 0 Å². The molecule has 1 aromatic rings. The highest BCUT2D eigenvalue weighted by Crippen LogP contribution is 2.14. The Morgan fingerprint density at radius 3 is 3.00 bits per heavy atom. The van der Waals surface area contributed by atoms with Gasteiger partial charge in [-0.25, -0.2) is 4.79 Å². The van der Waals surface area contributed by atoms with E-state index in [2.05, 4.69) is 10.2 Å². The second-order valence-electron chi connectivity index (χ2n) is 3.60. The second-order valence-corrected chi connectivity index (χ2v) is 3.60. The molecule has 0 aromatic carbocycles. The Morgan fingerprint density at radius 2 is 2.44 bits per heavy atom. The summed E-state index contributed by atoms with van der Waals surface area (Å²) in [5.41, 5.74) is -0.0865. The molecule has 2 rings (SSSR count). The number of carbonyl (C=O) groups is 1. The van der Waals surface area contributed by atoms with E-state index in [4.69, 9.17) is 14.6 Å². The maximum absolute atomic E-state index is 10.5. The number of aromatic nitrogens is 2. The molecule has 1 unspecified atom stereocenters. The lowest BCUT2D eigenvalue weighted by atomic mass is 10.1. The van der Waals surface area contributed by atoms with Gasteiger partial charge in [0.25, 0.3) is 0 Å². The standard InChI is InChI=1S/C10H12N2O4/c13-10(14)8-1-2-9(12-11-8)16-6-7-3-4-15-5-7/h1-2,7H,3-6H2,(H,13,14). The smallest absolute Gasteiger partial charge is 0.356 e. The van der Waals surface area contributed by atoms with Crippen LogP contribution in [0.15, 0.2) is 12.1 Å². The minimum atomic E-state index is -1.09. The van der Waals surface area contributed by atoms with Crippen molar-refractivity contribution < 1.29 is 19.4 Å². The number of ether oxygens (including phenoxy) is 2. The molecule has 6 heteroatoms. The molecule has 0 amide bonds. The molecule has 0 spiro atoms. The molecule has 86 valence electrons. The van der Waals surface area contributed by atoms with Gasteiger partial charge in [0, 0.05) is 18.6 Å². The summed E-state index contributed by atoms with van der Waals surface area (Å²) < 4.78 is 10.6. The fourth-order valence-corrected chi connectivity index (χ4v) is 1.43. The Balaban J connectivity index is 1.87. The average Bonchev–Trinajstić information content (AvgIpc) is 2.80. The van der Waals surface area contributed by atoms with Crippen molar-refractivity contribution >= 4 is 5.97 Å². The van der Waals surface area contributed by atoms with E-state index in [1.54, 1.807) is 0 Å². The third-order valence-corrected chi connectivity index (χ3v) is 2.35. The zero-order chi connectivity index (χ0) is 11.4. The molecule has 1 N–H and O–H groups in total. The maximum Gasteiger partial charge on any atom is 0.356 e. The Hall–Kier alpha value is -1.69. The minimum absolute atomic E-state index is 0.0865. The molecule has 0 radical (unpaired) electrons. The van der Waals surface area contributed by atoms with Crippen LogP contribution in [0, 0.1) is 5.92 Å². The quantitative estimate of drug-likeness (QED) is 0.806. The number of hydrogen-bond acceptors (Lipinski definition) is 5. The van der Waals surface area contributed by atoms with Crippen LogP contribution in [0.3, 0.4) is 0 Å².